The van der Waals surface area contributed by atoms with Crippen LogP contribution in [0.5, 0.6) is 0 Å². The molecule has 1 fully saturated rings. The summed E-state index contributed by atoms with van der Waals surface area (Å²) in [5, 5.41) is 8.56. The quantitative estimate of drug-likeness (QED) is 0.689. The Morgan fingerprint density at radius 2 is 2.23 bits per heavy atom. The van der Waals surface area contributed by atoms with Gasteiger partial charge in [0.1, 0.15) is 6.54 Å². The van der Waals surface area contributed by atoms with E-state index in [0.29, 0.717) is 6.54 Å². The minimum absolute atomic E-state index is 0.0406. The van der Waals surface area contributed by atoms with Crippen molar-refractivity contribution >= 4 is 11.9 Å². The summed E-state index contributed by atoms with van der Waals surface area (Å²) in [6, 6.07) is 0. The lowest BCUT2D eigenvalue weighted by Gasteiger charge is -2.36. The molecule has 1 heterocycles. The molecule has 0 aromatic rings. The van der Waals surface area contributed by atoms with Gasteiger partial charge < -0.3 is 10.0 Å². The molecule has 0 spiro atoms. The van der Waals surface area contributed by atoms with Crippen LogP contribution in [0.15, 0.2) is 0 Å². The van der Waals surface area contributed by atoms with E-state index in [2.05, 4.69) is 0 Å². The van der Waals surface area contributed by atoms with Gasteiger partial charge in [0, 0.05) is 12.0 Å². The Kier molecular flexibility index (Phi) is 2.59. The van der Waals surface area contributed by atoms with Gasteiger partial charge in [0.15, 0.2) is 0 Å². The zero-order valence-electron chi connectivity index (χ0n) is 8.04. The fourth-order valence-corrected chi connectivity index (χ4v) is 1.66. The average molecular weight is 185 g/mol. The summed E-state index contributed by atoms with van der Waals surface area (Å²) in [5.74, 6) is -0.979. The zero-order valence-corrected chi connectivity index (χ0v) is 8.04. The SMILES string of the molecule is CC1(C)CCCN(CC(=O)O)C1=O. The molecule has 4 nitrogen and oxygen atoms in total. The molecule has 74 valence electrons. The lowest BCUT2D eigenvalue weighted by atomic mass is 9.83. The third kappa shape index (κ3) is 2.20. The number of rotatable bonds is 2. The second kappa shape index (κ2) is 3.36. The van der Waals surface area contributed by atoms with Crippen LogP contribution in [0.25, 0.3) is 0 Å². The molecule has 0 radical (unpaired) electrons. The normalized spacial score (nSPS) is 21.7. The summed E-state index contributed by atoms with van der Waals surface area (Å²) in [6.07, 6.45) is 1.74. The maximum absolute atomic E-state index is 11.6. The van der Waals surface area contributed by atoms with Crippen LogP contribution in [-0.2, 0) is 9.59 Å². The molecule has 0 atom stereocenters. The number of piperidine rings is 1. The Balaban J connectivity index is 2.66. The second-order valence-corrected chi connectivity index (χ2v) is 4.11. The van der Waals surface area contributed by atoms with E-state index in [1.807, 2.05) is 13.8 Å². The predicted molar refractivity (Wildman–Crippen MR) is 47.2 cm³/mol. The molecule has 1 amide bonds. The van der Waals surface area contributed by atoms with Crippen LogP contribution in [0, 0.1) is 5.41 Å². The summed E-state index contributed by atoms with van der Waals surface area (Å²) >= 11 is 0. The van der Waals surface area contributed by atoms with Gasteiger partial charge in [-0.25, -0.2) is 0 Å². The number of amides is 1. The fraction of sp³-hybridized carbons (Fsp3) is 0.778. The highest BCUT2D eigenvalue weighted by Gasteiger charge is 2.35. The standard InChI is InChI=1S/C9H15NO3/c1-9(2)4-3-5-10(8(9)13)6-7(11)12/h3-6H2,1-2H3,(H,11,12). The van der Waals surface area contributed by atoms with Crippen LogP contribution in [0.3, 0.4) is 0 Å². The van der Waals surface area contributed by atoms with Gasteiger partial charge >= 0.3 is 5.97 Å². The average Bonchev–Trinajstić information content (AvgIpc) is 1.98. The molecule has 1 N–H and O–H groups in total. The number of carbonyl (C=O) groups excluding carboxylic acids is 1. The number of hydrogen-bond acceptors (Lipinski definition) is 2. The van der Waals surface area contributed by atoms with Crippen LogP contribution in [0.4, 0.5) is 0 Å². The molecule has 4 heteroatoms. The first kappa shape index (κ1) is 10.0. The minimum atomic E-state index is -0.939. The molecule has 13 heavy (non-hydrogen) atoms. The molecule has 0 aromatic heterocycles. The van der Waals surface area contributed by atoms with Crippen molar-refractivity contribution in [2.75, 3.05) is 13.1 Å². The van der Waals surface area contributed by atoms with Crippen LogP contribution < -0.4 is 0 Å². The first-order chi connectivity index (χ1) is 5.93. The highest BCUT2D eigenvalue weighted by Crippen LogP contribution is 2.29. The van der Waals surface area contributed by atoms with Gasteiger partial charge in [-0.15, -0.1) is 0 Å². The largest absolute Gasteiger partial charge is 0.480 e. The Labute approximate surface area is 77.5 Å². The van der Waals surface area contributed by atoms with Crippen molar-refractivity contribution in [3.05, 3.63) is 0 Å². The Morgan fingerprint density at radius 1 is 1.62 bits per heavy atom. The van der Waals surface area contributed by atoms with Crippen molar-refractivity contribution in [2.45, 2.75) is 26.7 Å². The number of carboxylic acids is 1. The molecule has 0 aromatic carbocycles. The van der Waals surface area contributed by atoms with Crippen LogP contribution in [0.1, 0.15) is 26.7 Å². The molecule has 0 aliphatic carbocycles. The monoisotopic (exact) mass is 185 g/mol. The van der Waals surface area contributed by atoms with Crippen molar-refractivity contribution in [3.63, 3.8) is 0 Å². The summed E-state index contributed by atoms with van der Waals surface area (Å²) in [7, 11) is 0. The van der Waals surface area contributed by atoms with E-state index in [0.717, 1.165) is 12.8 Å². The lowest BCUT2D eigenvalue weighted by Crippen LogP contribution is -2.47. The first-order valence-electron chi connectivity index (χ1n) is 4.45. The molecule has 1 rings (SSSR count). The molecule has 1 aliphatic heterocycles. The van der Waals surface area contributed by atoms with Gasteiger partial charge in [0.05, 0.1) is 0 Å². The van der Waals surface area contributed by atoms with Gasteiger partial charge in [0.2, 0.25) is 5.91 Å². The maximum atomic E-state index is 11.6. The van der Waals surface area contributed by atoms with Crippen molar-refractivity contribution in [2.24, 2.45) is 5.41 Å². The van der Waals surface area contributed by atoms with E-state index in [4.69, 9.17) is 5.11 Å². The third-order valence-corrected chi connectivity index (χ3v) is 2.42. The summed E-state index contributed by atoms with van der Waals surface area (Å²) in [5.41, 5.74) is -0.381. The van der Waals surface area contributed by atoms with Crippen molar-refractivity contribution in [3.8, 4) is 0 Å². The molecular weight excluding hydrogens is 170 g/mol. The highest BCUT2D eigenvalue weighted by molar-refractivity contribution is 5.85. The van der Waals surface area contributed by atoms with Crippen molar-refractivity contribution < 1.29 is 14.7 Å². The van der Waals surface area contributed by atoms with Gasteiger partial charge in [-0.3, -0.25) is 9.59 Å². The summed E-state index contributed by atoms with van der Waals surface area (Å²) in [4.78, 5) is 23.5. The van der Waals surface area contributed by atoms with Gasteiger partial charge in [-0.2, -0.15) is 0 Å². The second-order valence-electron chi connectivity index (χ2n) is 4.11. The molecule has 1 saturated heterocycles. The molecule has 0 bridgehead atoms. The summed E-state index contributed by atoms with van der Waals surface area (Å²) < 4.78 is 0. The molecule has 1 aliphatic rings. The van der Waals surface area contributed by atoms with E-state index in [9.17, 15) is 9.59 Å². The molecule has 0 unspecified atom stereocenters. The summed E-state index contributed by atoms with van der Waals surface area (Å²) in [6.45, 7) is 4.14. The van der Waals surface area contributed by atoms with Crippen LogP contribution in [-0.4, -0.2) is 35.0 Å². The van der Waals surface area contributed by atoms with Crippen LogP contribution >= 0.6 is 0 Å². The number of carboxylic acid groups (broad SMARTS) is 1. The maximum Gasteiger partial charge on any atom is 0.323 e. The number of aliphatic carboxylic acids is 1. The molecule has 0 saturated carbocycles. The van der Waals surface area contributed by atoms with Gasteiger partial charge in [0.25, 0.3) is 0 Å². The molecular formula is C9H15NO3. The third-order valence-electron chi connectivity index (χ3n) is 2.42. The number of likely N-dealkylation sites (tertiary alicyclic amines) is 1. The Morgan fingerprint density at radius 3 is 2.77 bits per heavy atom. The Hall–Kier alpha value is -1.06. The number of carbonyl (C=O) groups is 2. The zero-order chi connectivity index (χ0) is 10.1. The lowest BCUT2D eigenvalue weighted by molar-refractivity contribution is -0.151. The van der Waals surface area contributed by atoms with E-state index in [1.165, 1.54) is 4.90 Å². The van der Waals surface area contributed by atoms with E-state index >= 15 is 0 Å². The van der Waals surface area contributed by atoms with Crippen molar-refractivity contribution in [1.82, 2.24) is 4.90 Å². The van der Waals surface area contributed by atoms with E-state index < -0.39 is 5.97 Å². The van der Waals surface area contributed by atoms with Crippen LogP contribution in [0.2, 0.25) is 0 Å². The van der Waals surface area contributed by atoms with E-state index in [-0.39, 0.29) is 17.9 Å². The number of hydrogen-bond donors (Lipinski definition) is 1. The minimum Gasteiger partial charge on any atom is -0.480 e. The topological polar surface area (TPSA) is 57.6 Å². The highest BCUT2D eigenvalue weighted by atomic mass is 16.4. The fourth-order valence-electron chi connectivity index (χ4n) is 1.66. The predicted octanol–water partition coefficient (Wildman–Crippen LogP) is 0.720. The number of nitrogens with zero attached hydrogens (tertiary/aromatic N) is 1. The van der Waals surface area contributed by atoms with Gasteiger partial charge in [-0.05, 0) is 12.8 Å². The van der Waals surface area contributed by atoms with Crippen molar-refractivity contribution in [1.29, 1.82) is 0 Å². The smallest absolute Gasteiger partial charge is 0.323 e. The van der Waals surface area contributed by atoms with Gasteiger partial charge in [-0.1, -0.05) is 13.8 Å². The Bertz CT molecular complexity index is 235. The van der Waals surface area contributed by atoms with E-state index in [1.54, 1.807) is 0 Å². The first-order valence-corrected chi connectivity index (χ1v) is 4.45.